The zero-order valence-corrected chi connectivity index (χ0v) is 17.5. The summed E-state index contributed by atoms with van der Waals surface area (Å²) >= 11 is 0. The molecule has 0 amide bonds. The van der Waals surface area contributed by atoms with E-state index in [1.807, 2.05) is 38.4 Å². The average molecular weight is 413 g/mol. The Bertz CT molecular complexity index is 1230. The van der Waals surface area contributed by atoms with Gasteiger partial charge in [0.25, 0.3) is 0 Å². The highest BCUT2D eigenvalue weighted by atomic mass is 15.2. The Labute approximate surface area is 180 Å². The molecule has 156 valence electrons. The van der Waals surface area contributed by atoms with Gasteiger partial charge >= 0.3 is 0 Å². The Morgan fingerprint density at radius 1 is 1.10 bits per heavy atom. The van der Waals surface area contributed by atoms with Crippen molar-refractivity contribution in [3.05, 3.63) is 79.3 Å². The summed E-state index contributed by atoms with van der Waals surface area (Å²) in [7, 11) is 4.03. The van der Waals surface area contributed by atoms with Gasteiger partial charge < -0.3 is 10.2 Å². The Morgan fingerprint density at radius 2 is 2.00 bits per heavy atom. The highest BCUT2D eigenvalue weighted by molar-refractivity contribution is 5.99. The van der Waals surface area contributed by atoms with Crippen molar-refractivity contribution in [3.63, 3.8) is 0 Å². The van der Waals surface area contributed by atoms with Crippen molar-refractivity contribution >= 4 is 28.2 Å². The molecule has 0 aliphatic carbocycles. The Kier molecular flexibility index (Phi) is 5.89. The molecule has 0 bridgehead atoms. The van der Waals surface area contributed by atoms with E-state index < -0.39 is 0 Å². The minimum Gasteiger partial charge on any atom is -0.376 e. The quantitative estimate of drug-likeness (QED) is 0.371. The van der Waals surface area contributed by atoms with E-state index in [1.54, 1.807) is 12.3 Å². The van der Waals surface area contributed by atoms with Crippen LogP contribution in [0.2, 0.25) is 0 Å². The lowest BCUT2D eigenvalue weighted by atomic mass is 10.1. The second kappa shape index (κ2) is 9.08. The second-order valence-corrected chi connectivity index (χ2v) is 7.11. The van der Waals surface area contributed by atoms with Crippen molar-refractivity contribution in [2.24, 2.45) is 0 Å². The molecule has 0 fully saturated rings. The first-order valence-electron chi connectivity index (χ1n) is 9.87. The van der Waals surface area contributed by atoms with Crippen LogP contribution in [-0.4, -0.2) is 44.5 Å². The smallest absolute Gasteiger partial charge is 0.186 e. The van der Waals surface area contributed by atoms with Crippen molar-refractivity contribution in [2.45, 2.75) is 6.42 Å². The number of hydrogen-bond acceptors (Lipinski definition) is 6. The summed E-state index contributed by atoms with van der Waals surface area (Å²) in [4.78, 5) is 10.9. The van der Waals surface area contributed by atoms with E-state index in [9.17, 15) is 0 Å². The van der Waals surface area contributed by atoms with Crippen molar-refractivity contribution in [3.8, 4) is 11.4 Å². The molecule has 8 nitrogen and oxygen atoms in total. The van der Waals surface area contributed by atoms with E-state index in [1.165, 1.54) is 11.9 Å². The van der Waals surface area contributed by atoms with Crippen molar-refractivity contribution in [1.82, 2.24) is 30.4 Å². The van der Waals surface area contributed by atoms with Crippen LogP contribution in [0, 0.1) is 0 Å². The number of allylic oxidation sites excluding steroid dienone is 5. The predicted octanol–water partition coefficient (Wildman–Crippen LogP) is 4.39. The highest BCUT2D eigenvalue weighted by Crippen LogP contribution is 2.33. The second-order valence-electron chi connectivity index (χ2n) is 7.11. The SMILES string of the molecule is C=C/C=C\C=C/Cc1ccc(N(C)C)c(Nc2ncnc3n[nH]c(-c4ccn[nH]4)c23)c1. The Balaban J connectivity index is 1.71. The number of benzene rings is 1. The van der Waals surface area contributed by atoms with Gasteiger partial charge in [0.2, 0.25) is 0 Å². The van der Waals surface area contributed by atoms with Crippen LogP contribution in [0.4, 0.5) is 17.2 Å². The zero-order chi connectivity index (χ0) is 21.6. The zero-order valence-electron chi connectivity index (χ0n) is 17.5. The maximum Gasteiger partial charge on any atom is 0.186 e. The first-order valence-corrected chi connectivity index (χ1v) is 9.87. The summed E-state index contributed by atoms with van der Waals surface area (Å²) in [6.45, 7) is 3.68. The molecule has 3 aromatic heterocycles. The first kappa shape index (κ1) is 20.1. The molecule has 0 unspecified atom stereocenters. The number of aromatic amines is 2. The third-order valence-electron chi connectivity index (χ3n) is 4.76. The van der Waals surface area contributed by atoms with Gasteiger partial charge in [-0.2, -0.15) is 10.2 Å². The van der Waals surface area contributed by atoms with Crippen molar-refractivity contribution in [1.29, 1.82) is 0 Å². The van der Waals surface area contributed by atoms with Crippen LogP contribution in [0.25, 0.3) is 22.4 Å². The molecular weight excluding hydrogens is 388 g/mol. The van der Waals surface area contributed by atoms with Crippen LogP contribution in [0.3, 0.4) is 0 Å². The number of nitrogens with zero attached hydrogens (tertiary/aromatic N) is 5. The van der Waals surface area contributed by atoms with Gasteiger partial charge in [-0.05, 0) is 30.2 Å². The fourth-order valence-corrected chi connectivity index (χ4v) is 3.29. The molecule has 0 atom stereocenters. The number of anilines is 3. The summed E-state index contributed by atoms with van der Waals surface area (Å²) in [5, 5.41) is 18.7. The third-order valence-corrected chi connectivity index (χ3v) is 4.76. The van der Waals surface area contributed by atoms with E-state index in [0.29, 0.717) is 11.5 Å². The summed E-state index contributed by atoms with van der Waals surface area (Å²) in [6, 6.07) is 8.25. The van der Waals surface area contributed by atoms with Crippen LogP contribution in [0.1, 0.15) is 5.56 Å². The molecule has 0 radical (unpaired) electrons. The van der Waals surface area contributed by atoms with Crippen molar-refractivity contribution in [2.75, 3.05) is 24.3 Å². The normalized spacial score (nSPS) is 11.5. The fourth-order valence-electron chi connectivity index (χ4n) is 3.29. The maximum absolute atomic E-state index is 4.50. The molecule has 3 heterocycles. The summed E-state index contributed by atoms with van der Waals surface area (Å²) in [5.74, 6) is 0.674. The van der Waals surface area contributed by atoms with Crippen molar-refractivity contribution < 1.29 is 0 Å². The minimum atomic E-state index is 0.585. The van der Waals surface area contributed by atoms with Crippen LogP contribution in [0.15, 0.2) is 73.7 Å². The van der Waals surface area contributed by atoms with Crippen LogP contribution in [0.5, 0.6) is 0 Å². The summed E-state index contributed by atoms with van der Waals surface area (Å²) in [6.07, 6.45) is 13.8. The van der Waals surface area contributed by atoms with Gasteiger partial charge in [0.1, 0.15) is 12.1 Å². The number of nitrogens with one attached hydrogen (secondary N) is 3. The van der Waals surface area contributed by atoms with E-state index >= 15 is 0 Å². The van der Waals surface area contributed by atoms with Gasteiger partial charge in [0.15, 0.2) is 5.65 Å². The lowest BCUT2D eigenvalue weighted by Gasteiger charge is -2.19. The molecular formula is C23H24N8. The van der Waals surface area contributed by atoms with E-state index in [4.69, 9.17) is 0 Å². The van der Waals surface area contributed by atoms with Gasteiger partial charge in [0.05, 0.1) is 28.1 Å². The van der Waals surface area contributed by atoms with Crippen LogP contribution < -0.4 is 10.2 Å². The average Bonchev–Trinajstić information content (AvgIpc) is 3.44. The van der Waals surface area contributed by atoms with Crippen LogP contribution >= 0.6 is 0 Å². The predicted molar refractivity (Wildman–Crippen MR) is 125 cm³/mol. The summed E-state index contributed by atoms with van der Waals surface area (Å²) in [5.41, 5.74) is 5.38. The maximum atomic E-state index is 4.50. The fraction of sp³-hybridized carbons (Fsp3) is 0.130. The van der Waals surface area contributed by atoms with Gasteiger partial charge in [-0.1, -0.05) is 43.0 Å². The summed E-state index contributed by atoms with van der Waals surface area (Å²) < 4.78 is 0. The topological polar surface area (TPSA) is 98.4 Å². The first-order chi connectivity index (χ1) is 15.2. The molecule has 0 aliphatic rings. The number of rotatable bonds is 8. The lowest BCUT2D eigenvalue weighted by molar-refractivity contribution is 1.06. The standard InChI is InChI=1S/C23H24N8/c1-4-5-6-7-8-9-16-10-11-19(31(2)3)18(14-16)27-22-20-21(17-12-13-26-28-17)29-30-23(20)25-15-24-22/h4-8,10-15H,1,9H2,2-3H3,(H,26,28)(H2,24,25,27,29,30)/b6-5-,8-7-. The Morgan fingerprint density at radius 3 is 2.77 bits per heavy atom. The molecule has 31 heavy (non-hydrogen) atoms. The molecule has 8 heteroatoms. The third kappa shape index (κ3) is 4.37. The van der Waals surface area contributed by atoms with Gasteiger partial charge in [-0.3, -0.25) is 10.2 Å². The van der Waals surface area contributed by atoms with Gasteiger partial charge in [-0.15, -0.1) is 0 Å². The molecule has 0 aliphatic heterocycles. The van der Waals surface area contributed by atoms with E-state index in [2.05, 4.69) is 71.4 Å². The number of fused-ring (bicyclic) bond motifs is 1. The number of H-pyrrole nitrogens is 2. The van der Waals surface area contributed by atoms with E-state index in [0.717, 1.165) is 34.6 Å². The van der Waals surface area contributed by atoms with E-state index in [-0.39, 0.29) is 0 Å². The Hall–Kier alpha value is -4.20. The lowest BCUT2D eigenvalue weighted by Crippen LogP contribution is -2.11. The number of hydrogen-bond donors (Lipinski definition) is 3. The van der Waals surface area contributed by atoms with Crippen LogP contribution in [-0.2, 0) is 6.42 Å². The number of aromatic nitrogens is 6. The minimum absolute atomic E-state index is 0.585. The monoisotopic (exact) mass is 412 g/mol. The largest absolute Gasteiger partial charge is 0.376 e. The molecule has 1 aromatic carbocycles. The molecule has 0 saturated carbocycles. The highest BCUT2D eigenvalue weighted by Gasteiger charge is 2.16. The van der Waals surface area contributed by atoms with Gasteiger partial charge in [0, 0.05) is 20.3 Å². The molecule has 4 aromatic rings. The molecule has 3 N–H and O–H groups in total. The molecule has 4 rings (SSSR count). The van der Waals surface area contributed by atoms with Gasteiger partial charge in [-0.25, -0.2) is 9.97 Å². The molecule has 0 spiro atoms. The molecule has 0 saturated heterocycles.